The van der Waals surface area contributed by atoms with Gasteiger partial charge in [0.1, 0.15) is 6.10 Å². The normalized spacial score (nSPS) is 21.0. The van der Waals surface area contributed by atoms with E-state index >= 15 is 0 Å². The molecule has 7 heteroatoms. The van der Waals surface area contributed by atoms with Crippen LogP contribution in [0.2, 0.25) is 0 Å². The zero-order chi connectivity index (χ0) is 15.6. The van der Waals surface area contributed by atoms with E-state index < -0.39 is 0 Å². The number of nitrogens with one attached hydrogen (secondary N) is 1. The van der Waals surface area contributed by atoms with E-state index in [1.807, 2.05) is 16.3 Å². The van der Waals surface area contributed by atoms with Crippen LogP contribution in [-0.4, -0.2) is 35.6 Å². The van der Waals surface area contributed by atoms with Gasteiger partial charge in [0.05, 0.1) is 18.8 Å². The van der Waals surface area contributed by atoms with Crippen LogP contribution in [0.4, 0.5) is 9.93 Å². The Hall–Kier alpha value is -1.44. The van der Waals surface area contributed by atoms with Gasteiger partial charge in [-0.1, -0.05) is 6.07 Å². The van der Waals surface area contributed by atoms with Gasteiger partial charge in [-0.2, -0.15) is 0 Å². The van der Waals surface area contributed by atoms with E-state index in [0.29, 0.717) is 19.7 Å². The highest BCUT2D eigenvalue weighted by Gasteiger charge is 2.27. The molecule has 1 unspecified atom stereocenters. The lowest BCUT2D eigenvalue weighted by atomic mass is 10.0. The molecule has 1 aliphatic heterocycles. The van der Waals surface area contributed by atoms with E-state index in [1.165, 1.54) is 28.3 Å². The van der Waals surface area contributed by atoms with Crippen molar-refractivity contribution in [1.82, 2.24) is 9.88 Å². The molecule has 0 radical (unpaired) electrons. The Bertz CT molecular complexity index is 660. The Morgan fingerprint density at radius 2 is 2.30 bits per heavy atom. The third-order valence-electron chi connectivity index (χ3n) is 4.27. The second kappa shape index (κ2) is 6.59. The molecule has 1 fully saturated rings. The third kappa shape index (κ3) is 3.27. The van der Waals surface area contributed by atoms with Crippen LogP contribution in [0, 0.1) is 0 Å². The van der Waals surface area contributed by atoms with Crippen LogP contribution in [0.25, 0.3) is 0 Å². The van der Waals surface area contributed by atoms with Gasteiger partial charge in [-0.3, -0.25) is 5.32 Å². The molecule has 122 valence electrons. The zero-order valence-corrected chi connectivity index (χ0v) is 14.4. The van der Waals surface area contributed by atoms with E-state index in [4.69, 9.17) is 4.74 Å². The number of rotatable bonds is 2. The molecule has 23 heavy (non-hydrogen) atoms. The maximum atomic E-state index is 12.5. The number of aryl methyl sites for hydroxylation is 2. The lowest BCUT2D eigenvalue weighted by Gasteiger charge is -2.32. The summed E-state index contributed by atoms with van der Waals surface area (Å²) >= 11 is 3.30. The summed E-state index contributed by atoms with van der Waals surface area (Å²) in [6.07, 6.45) is 4.56. The molecule has 1 atom stereocenters. The summed E-state index contributed by atoms with van der Waals surface area (Å²) in [6, 6.07) is 4.01. The van der Waals surface area contributed by atoms with Crippen LogP contribution >= 0.6 is 22.7 Å². The lowest BCUT2D eigenvalue weighted by molar-refractivity contribution is -0.0115. The second-order valence-electron chi connectivity index (χ2n) is 5.85. The van der Waals surface area contributed by atoms with Crippen molar-refractivity contribution >= 4 is 33.8 Å². The van der Waals surface area contributed by atoms with E-state index in [0.717, 1.165) is 18.0 Å². The number of aromatic nitrogens is 1. The smallest absolute Gasteiger partial charge is 0.323 e. The molecule has 3 heterocycles. The maximum Gasteiger partial charge on any atom is 0.323 e. The highest BCUT2D eigenvalue weighted by molar-refractivity contribution is 7.15. The number of ether oxygens (including phenoxy) is 1. The first-order chi connectivity index (χ1) is 11.3. The monoisotopic (exact) mass is 349 g/mol. The SMILES string of the molecule is O=C(Nc1nc2c(s1)CCCC2)N1CCOC(c2cccs2)C1. The van der Waals surface area contributed by atoms with E-state index in [2.05, 4.69) is 16.4 Å². The summed E-state index contributed by atoms with van der Waals surface area (Å²) in [6.45, 7) is 1.79. The first-order valence-corrected chi connectivity index (χ1v) is 9.69. The molecule has 2 aromatic rings. The average Bonchev–Trinajstić information content (AvgIpc) is 3.24. The third-order valence-corrected chi connectivity index (χ3v) is 6.31. The highest BCUT2D eigenvalue weighted by atomic mass is 32.1. The molecule has 0 bridgehead atoms. The average molecular weight is 349 g/mol. The fourth-order valence-electron chi connectivity index (χ4n) is 3.06. The van der Waals surface area contributed by atoms with Crippen molar-refractivity contribution < 1.29 is 9.53 Å². The van der Waals surface area contributed by atoms with E-state index in [9.17, 15) is 4.79 Å². The number of thiazole rings is 1. The fourth-order valence-corrected chi connectivity index (χ4v) is 4.86. The van der Waals surface area contributed by atoms with Gasteiger partial charge in [0, 0.05) is 16.3 Å². The van der Waals surface area contributed by atoms with Crippen LogP contribution in [0.1, 0.15) is 34.4 Å². The van der Waals surface area contributed by atoms with Crippen molar-refractivity contribution in [2.45, 2.75) is 31.8 Å². The van der Waals surface area contributed by atoms with Crippen molar-refractivity contribution in [2.75, 3.05) is 25.0 Å². The van der Waals surface area contributed by atoms with Gasteiger partial charge in [0.2, 0.25) is 0 Å². The van der Waals surface area contributed by atoms with Crippen molar-refractivity contribution in [3.8, 4) is 0 Å². The van der Waals surface area contributed by atoms with Gasteiger partial charge in [0.25, 0.3) is 0 Å². The van der Waals surface area contributed by atoms with Crippen molar-refractivity contribution in [1.29, 1.82) is 0 Å². The van der Waals surface area contributed by atoms with Gasteiger partial charge in [-0.15, -0.1) is 22.7 Å². The van der Waals surface area contributed by atoms with Crippen molar-refractivity contribution in [3.05, 3.63) is 33.0 Å². The molecule has 5 nitrogen and oxygen atoms in total. The minimum atomic E-state index is -0.0686. The minimum absolute atomic E-state index is 0.0148. The van der Waals surface area contributed by atoms with Crippen molar-refractivity contribution in [3.63, 3.8) is 0 Å². The Morgan fingerprint density at radius 3 is 3.13 bits per heavy atom. The van der Waals surface area contributed by atoms with E-state index in [-0.39, 0.29) is 12.1 Å². The molecule has 0 spiro atoms. The Morgan fingerprint density at radius 1 is 1.39 bits per heavy atom. The summed E-state index contributed by atoms with van der Waals surface area (Å²) in [5.41, 5.74) is 1.18. The first-order valence-electron chi connectivity index (χ1n) is 7.99. The number of hydrogen-bond donors (Lipinski definition) is 1. The standard InChI is InChI=1S/C16H19N3O2S2/c20-16(18-15-17-11-4-1-2-5-13(11)23-15)19-7-8-21-12(10-19)14-6-3-9-22-14/h3,6,9,12H,1-2,4-5,7-8,10H2,(H,17,18,20). The quantitative estimate of drug-likeness (QED) is 0.900. The highest BCUT2D eigenvalue weighted by Crippen LogP contribution is 2.30. The molecule has 4 rings (SSSR count). The summed E-state index contributed by atoms with van der Waals surface area (Å²) in [5.74, 6) is 0. The summed E-state index contributed by atoms with van der Waals surface area (Å²) in [7, 11) is 0. The number of thiophene rings is 1. The van der Waals surface area contributed by atoms with Crippen LogP contribution in [-0.2, 0) is 17.6 Å². The number of morpholine rings is 1. The Kier molecular flexibility index (Phi) is 4.33. The first kappa shape index (κ1) is 15.1. The molecule has 1 saturated heterocycles. The van der Waals surface area contributed by atoms with Gasteiger partial charge in [-0.25, -0.2) is 9.78 Å². The number of anilines is 1. The molecule has 0 saturated carbocycles. The minimum Gasteiger partial charge on any atom is -0.369 e. The fraction of sp³-hybridized carbons (Fsp3) is 0.500. The number of carbonyl (C=O) groups excluding carboxylic acids is 1. The molecule has 2 aliphatic rings. The molecule has 2 aromatic heterocycles. The number of carbonyl (C=O) groups is 1. The summed E-state index contributed by atoms with van der Waals surface area (Å²) in [4.78, 5) is 21.4. The number of urea groups is 1. The summed E-state index contributed by atoms with van der Waals surface area (Å²) in [5, 5.41) is 5.75. The number of fused-ring (bicyclic) bond motifs is 1. The van der Waals surface area contributed by atoms with Crippen molar-refractivity contribution in [2.24, 2.45) is 0 Å². The Labute approximate surface area is 143 Å². The maximum absolute atomic E-state index is 12.5. The Balaban J connectivity index is 1.41. The lowest BCUT2D eigenvalue weighted by Crippen LogP contribution is -2.44. The van der Waals surface area contributed by atoms with Crippen LogP contribution in [0.15, 0.2) is 17.5 Å². The van der Waals surface area contributed by atoms with Gasteiger partial charge >= 0.3 is 6.03 Å². The molecule has 0 aromatic carbocycles. The zero-order valence-electron chi connectivity index (χ0n) is 12.8. The molecular formula is C16H19N3O2S2. The topological polar surface area (TPSA) is 54.5 Å². The molecular weight excluding hydrogens is 330 g/mol. The summed E-state index contributed by atoms with van der Waals surface area (Å²) < 4.78 is 5.79. The predicted octanol–water partition coefficient (Wildman–Crippen LogP) is 3.69. The molecule has 2 amide bonds. The molecule has 1 aliphatic carbocycles. The van der Waals surface area contributed by atoms with Crippen LogP contribution < -0.4 is 5.32 Å². The van der Waals surface area contributed by atoms with E-state index in [1.54, 1.807) is 22.7 Å². The number of nitrogens with zero attached hydrogens (tertiary/aromatic N) is 2. The largest absolute Gasteiger partial charge is 0.369 e. The van der Waals surface area contributed by atoms with Gasteiger partial charge in [0.15, 0.2) is 5.13 Å². The van der Waals surface area contributed by atoms with Gasteiger partial charge in [-0.05, 0) is 37.1 Å². The second-order valence-corrected chi connectivity index (χ2v) is 7.91. The molecule has 1 N–H and O–H groups in total. The number of hydrogen-bond acceptors (Lipinski definition) is 5. The van der Waals surface area contributed by atoms with Crippen LogP contribution in [0.5, 0.6) is 0 Å². The predicted molar refractivity (Wildman–Crippen MR) is 92.4 cm³/mol. The number of amides is 2. The van der Waals surface area contributed by atoms with Crippen LogP contribution in [0.3, 0.4) is 0 Å². The van der Waals surface area contributed by atoms with Gasteiger partial charge < -0.3 is 9.64 Å².